The number of nitriles is 1. The van der Waals surface area contributed by atoms with Crippen LogP contribution in [0.2, 0.25) is 0 Å². The average molecular weight is 290 g/mol. The first-order chi connectivity index (χ1) is 10.0. The molecule has 0 radical (unpaired) electrons. The molecule has 2 rings (SSSR count). The molecule has 0 aliphatic carbocycles. The van der Waals surface area contributed by atoms with Crippen LogP contribution in [0.3, 0.4) is 0 Å². The Morgan fingerprint density at radius 1 is 1.24 bits per heavy atom. The fraction of sp³-hybridized carbons (Fsp3) is 0.0714. The predicted molar refractivity (Wildman–Crippen MR) is 68.5 cm³/mol. The molecule has 0 aliphatic heterocycles. The standard InChI is InChI=1S/C14H8F2N2O3/c15-11-2-1-9(7-17)10(5-11)8-21-12-3-4-14(18(19)20)13(16)6-12/h1-6H,8H2. The van der Waals surface area contributed by atoms with Crippen LogP contribution in [0.5, 0.6) is 5.75 Å². The molecule has 0 atom stereocenters. The highest BCUT2D eigenvalue weighted by Gasteiger charge is 2.14. The Balaban J connectivity index is 2.17. The van der Waals surface area contributed by atoms with E-state index < -0.39 is 22.2 Å². The summed E-state index contributed by atoms with van der Waals surface area (Å²) < 4.78 is 31.7. The molecule has 21 heavy (non-hydrogen) atoms. The minimum absolute atomic E-state index is 0.0475. The molecule has 0 heterocycles. The molecule has 0 aliphatic rings. The molecule has 2 aromatic carbocycles. The smallest absolute Gasteiger partial charge is 0.305 e. The van der Waals surface area contributed by atoms with Crippen LogP contribution in [0.4, 0.5) is 14.5 Å². The minimum Gasteiger partial charge on any atom is -0.489 e. The molecular weight excluding hydrogens is 282 g/mol. The first-order valence-electron chi connectivity index (χ1n) is 5.76. The Bertz CT molecular complexity index is 741. The molecule has 0 fully saturated rings. The maximum absolute atomic E-state index is 13.4. The molecule has 0 saturated carbocycles. The van der Waals surface area contributed by atoms with Crippen molar-refractivity contribution in [3.8, 4) is 11.8 Å². The molecule has 0 spiro atoms. The Morgan fingerprint density at radius 3 is 2.62 bits per heavy atom. The van der Waals surface area contributed by atoms with Crippen molar-refractivity contribution in [2.24, 2.45) is 0 Å². The highest BCUT2D eigenvalue weighted by Crippen LogP contribution is 2.23. The van der Waals surface area contributed by atoms with Gasteiger partial charge in [-0.3, -0.25) is 10.1 Å². The normalized spacial score (nSPS) is 9.95. The number of hydrogen-bond acceptors (Lipinski definition) is 4. The highest BCUT2D eigenvalue weighted by atomic mass is 19.1. The summed E-state index contributed by atoms with van der Waals surface area (Å²) in [4.78, 5) is 9.63. The predicted octanol–water partition coefficient (Wildman–Crippen LogP) is 3.32. The second kappa shape index (κ2) is 5.96. The van der Waals surface area contributed by atoms with Gasteiger partial charge >= 0.3 is 5.69 Å². The zero-order valence-electron chi connectivity index (χ0n) is 10.5. The van der Waals surface area contributed by atoms with E-state index in [4.69, 9.17) is 10.00 Å². The van der Waals surface area contributed by atoms with E-state index in [0.29, 0.717) is 5.56 Å². The number of halogens is 2. The van der Waals surface area contributed by atoms with E-state index in [-0.39, 0.29) is 17.9 Å². The Hall–Kier alpha value is -3.01. The molecule has 0 aromatic heterocycles. The summed E-state index contributed by atoms with van der Waals surface area (Å²) >= 11 is 0. The van der Waals surface area contributed by atoms with Gasteiger partial charge < -0.3 is 4.74 Å². The van der Waals surface area contributed by atoms with E-state index in [1.807, 2.05) is 6.07 Å². The topological polar surface area (TPSA) is 76.2 Å². The van der Waals surface area contributed by atoms with Crippen LogP contribution in [0, 0.1) is 33.1 Å². The monoisotopic (exact) mass is 290 g/mol. The van der Waals surface area contributed by atoms with Crippen LogP contribution < -0.4 is 4.74 Å². The van der Waals surface area contributed by atoms with Crippen LogP contribution in [0.15, 0.2) is 36.4 Å². The van der Waals surface area contributed by atoms with Crippen molar-refractivity contribution in [3.63, 3.8) is 0 Å². The second-order valence-corrected chi connectivity index (χ2v) is 4.07. The van der Waals surface area contributed by atoms with Gasteiger partial charge in [0.2, 0.25) is 5.82 Å². The lowest BCUT2D eigenvalue weighted by molar-refractivity contribution is -0.387. The third-order valence-electron chi connectivity index (χ3n) is 2.70. The molecule has 5 nitrogen and oxygen atoms in total. The number of hydrogen-bond donors (Lipinski definition) is 0. The number of nitrogens with zero attached hydrogens (tertiary/aromatic N) is 2. The average Bonchev–Trinajstić information content (AvgIpc) is 2.45. The van der Waals surface area contributed by atoms with Crippen molar-refractivity contribution in [1.82, 2.24) is 0 Å². The molecule has 7 heteroatoms. The van der Waals surface area contributed by atoms with Crippen LogP contribution in [-0.2, 0) is 6.61 Å². The summed E-state index contributed by atoms with van der Waals surface area (Å²) in [6, 6.07) is 8.55. The Morgan fingerprint density at radius 2 is 2.00 bits per heavy atom. The molecule has 0 bridgehead atoms. The van der Waals surface area contributed by atoms with Crippen molar-refractivity contribution in [2.75, 3.05) is 0 Å². The van der Waals surface area contributed by atoms with Gasteiger partial charge in [-0.2, -0.15) is 9.65 Å². The fourth-order valence-electron chi connectivity index (χ4n) is 1.68. The third kappa shape index (κ3) is 3.30. The zero-order chi connectivity index (χ0) is 15.4. The van der Waals surface area contributed by atoms with Crippen molar-refractivity contribution < 1.29 is 18.4 Å². The summed E-state index contributed by atoms with van der Waals surface area (Å²) in [5, 5.41) is 19.4. The lowest BCUT2D eigenvalue weighted by atomic mass is 10.1. The van der Waals surface area contributed by atoms with E-state index in [9.17, 15) is 18.9 Å². The first kappa shape index (κ1) is 14.4. The SMILES string of the molecule is N#Cc1ccc(F)cc1COc1ccc([N+](=O)[O-])c(F)c1. The van der Waals surface area contributed by atoms with Gasteiger partial charge in [-0.05, 0) is 24.3 Å². The van der Waals surface area contributed by atoms with Crippen LogP contribution in [0.1, 0.15) is 11.1 Å². The third-order valence-corrected chi connectivity index (χ3v) is 2.70. The quantitative estimate of drug-likeness (QED) is 0.639. The minimum atomic E-state index is -1.03. The lowest BCUT2D eigenvalue weighted by Crippen LogP contribution is -2.00. The number of nitro groups is 1. The van der Waals surface area contributed by atoms with E-state index >= 15 is 0 Å². The van der Waals surface area contributed by atoms with Crippen molar-refractivity contribution in [2.45, 2.75) is 6.61 Å². The van der Waals surface area contributed by atoms with Gasteiger partial charge in [0, 0.05) is 17.7 Å². The van der Waals surface area contributed by atoms with Crippen molar-refractivity contribution in [3.05, 3.63) is 69.3 Å². The highest BCUT2D eigenvalue weighted by molar-refractivity contribution is 5.40. The lowest BCUT2D eigenvalue weighted by Gasteiger charge is -2.08. The summed E-state index contributed by atoms with van der Waals surface area (Å²) in [6.07, 6.45) is 0. The van der Waals surface area contributed by atoms with E-state index in [1.54, 1.807) is 0 Å². The van der Waals surface area contributed by atoms with Gasteiger partial charge in [0.15, 0.2) is 0 Å². The largest absolute Gasteiger partial charge is 0.489 e. The fourth-order valence-corrected chi connectivity index (χ4v) is 1.68. The number of ether oxygens (including phenoxy) is 1. The molecule has 0 amide bonds. The molecular formula is C14H8F2N2O3. The Labute approximate surface area is 118 Å². The number of rotatable bonds is 4. The van der Waals surface area contributed by atoms with E-state index in [0.717, 1.165) is 24.3 Å². The summed E-state index contributed by atoms with van der Waals surface area (Å²) in [5.41, 5.74) is -0.124. The van der Waals surface area contributed by atoms with Crippen molar-refractivity contribution in [1.29, 1.82) is 5.26 Å². The first-order valence-corrected chi connectivity index (χ1v) is 5.76. The van der Waals surface area contributed by atoms with Crippen molar-refractivity contribution >= 4 is 5.69 Å². The summed E-state index contributed by atoms with van der Waals surface area (Å²) in [6.45, 7) is -0.155. The van der Waals surface area contributed by atoms with Gasteiger partial charge in [0.05, 0.1) is 16.6 Å². The molecule has 0 N–H and O–H groups in total. The van der Waals surface area contributed by atoms with Gasteiger partial charge in [-0.25, -0.2) is 4.39 Å². The maximum Gasteiger partial charge on any atom is 0.305 e. The second-order valence-electron chi connectivity index (χ2n) is 4.07. The van der Waals surface area contributed by atoms with Gasteiger partial charge in [-0.1, -0.05) is 0 Å². The van der Waals surface area contributed by atoms with E-state index in [1.165, 1.54) is 12.1 Å². The van der Waals surface area contributed by atoms with E-state index in [2.05, 4.69) is 0 Å². The van der Waals surface area contributed by atoms with Gasteiger partial charge in [0.25, 0.3) is 0 Å². The summed E-state index contributed by atoms with van der Waals surface area (Å²) in [7, 11) is 0. The van der Waals surface area contributed by atoms with Crippen LogP contribution >= 0.6 is 0 Å². The molecule has 0 saturated heterocycles. The maximum atomic E-state index is 13.4. The van der Waals surface area contributed by atoms with Gasteiger partial charge in [0.1, 0.15) is 18.2 Å². The van der Waals surface area contributed by atoms with Gasteiger partial charge in [-0.15, -0.1) is 0 Å². The van der Waals surface area contributed by atoms with Crippen LogP contribution in [0.25, 0.3) is 0 Å². The Kier molecular flexibility index (Phi) is 4.09. The zero-order valence-corrected chi connectivity index (χ0v) is 10.5. The molecule has 0 unspecified atom stereocenters. The number of benzene rings is 2. The summed E-state index contributed by atoms with van der Waals surface area (Å²) in [5.74, 6) is -1.51. The van der Waals surface area contributed by atoms with Crippen LogP contribution in [-0.4, -0.2) is 4.92 Å². The molecule has 2 aromatic rings. The molecule has 106 valence electrons. The number of nitro benzene ring substituents is 1.